The van der Waals surface area contributed by atoms with E-state index in [9.17, 15) is 4.79 Å². The molecule has 0 aliphatic rings. The highest BCUT2D eigenvalue weighted by Gasteiger charge is 2.41. The predicted octanol–water partition coefficient (Wildman–Crippen LogP) is 4.72. The number of hydrogen-bond donors (Lipinski definition) is 0. The van der Waals surface area contributed by atoms with Crippen LogP contribution in [0.25, 0.3) is 11.3 Å². The zero-order chi connectivity index (χ0) is 15.6. The molecule has 0 bridgehead atoms. The van der Waals surface area contributed by atoms with Gasteiger partial charge in [0.05, 0.1) is 11.7 Å². The molecule has 0 N–H and O–H groups in total. The van der Waals surface area contributed by atoms with Crippen LogP contribution in [0.3, 0.4) is 0 Å². The summed E-state index contributed by atoms with van der Waals surface area (Å²) in [5, 5.41) is 0. The Morgan fingerprint density at radius 2 is 1.50 bits per heavy atom. The topological polar surface area (TPSA) is 42.9 Å². The summed E-state index contributed by atoms with van der Waals surface area (Å²) in [6.07, 6.45) is 0. The minimum atomic E-state index is -1.78. The second kappa shape index (κ2) is 6.16. The summed E-state index contributed by atoms with van der Waals surface area (Å²) < 4.78 is 6.62. The van der Waals surface area contributed by atoms with E-state index in [4.69, 9.17) is 23.2 Å². The first-order valence-electron chi connectivity index (χ1n) is 6.47. The highest BCUT2D eigenvalue weighted by molar-refractivity contribution is 6.99. The molecule has 0 aliphatic carbocycles. The summed E-state index contributed by atoms with van der Waals surface area (Å²) in [4.78, 5) is 12.6. The number of benzene rings is 2. The molecule has 3 rings (SSSR count). The highest BCUT2D eigenvalue weighted by Crippen LogP contribution is 2.41. The summed E-state index contributed by atoms with van der Waals surface area (Å²) >= 11 is 13.7. The van der Waals surface area contributed by atoms with E-state index in [2.05, 4.69) is 8.75 Å². The summed E-state index contributed by atoms with van der Waals surface area (Å²) in [7, 11) is 0. The predicted molar refractivity (Wildman–Crippen MR) is 89.5 cm³/mol. The molecule has 3 aromatic rings. The maximum atomic E-state index is 12.6. The van der Waals surface area contributed by atoms with Crippen molar-refractivity contribution in [3.05, 3.63) is 71.9 Å². The van der Waals surface area contributed by atoms with Crippen molar-refractivity contribution in [1.29, 1.82) is 0 Å². The van der Waals surface area contributed by atoms with Gasteiger partial charge in [0.1, 0.15) is 11.4 Å². The smallest absolute Gasteiger partial charge is 0.225 e. The lowest BCUT2D eigenvalue weighted by Crippen LogP contribution is -2.25. The Morgan fingerprint density at radius 3 is 2.14 bits per heavy atom. The van der Waals surface area contributed by atoms with Crippen molar-refractivity contribution in [3.8, 4) is 11.3 Å². The largest absolute Gasteiger partial charge is 0.290 e. The number of carbonyl (C=O) groups excluding carboxylic acids is 1. The fourth-order valence-corrected chi connectivity index (χ4v) is 3.26. The molecule has 6 heteroatoms. The van der Waals surface area contributed by atoms with Gasteiger partial charge in [0.25, 0.3) is 0 Å². The maximum absolute atomic E-state index is 12.6. The SMILES string of the molecule is O=C(c1ccccc1)C(Cl)(Cl)c1nsnc1-c1ccccc1. The van der Waals surface area contributed by atoms with Crippen molar-refractivity contribution < 1.29 is 4.79 Å². The quantitative estimate of drug-likeness (QED) is 0.506. The lowest BCUT2D eigenvalue weighted by atomic mass is 10.0. The number of nitrogens with zero attached hydrogens (tertiary/aromatic N) is 2. The molecule has 0 fully saturated rings. The van der Waals surface area contributed by atoms with Crippen LogP contribution in [0.5, 0.6) is 0 Å². The maximum Gasteiger partial charge on any atom is 0.225 e. The van der Waals surface area contributed by atoms with Crippen molar-refractivity contribution in [2.24, 2.45) is 0 Å². The van der Waals surface area contributed by atoms with E-state index in [1.165, 1.54) is 0 Å². The zero-order valence-corrected chi connectivity index (χ0v) is 13.6. The van der Waals surface area contributed by atoms with E-state index in [1.54, 1.807) is 24.3 Å². The third-order valence-corrected chi connectivity index (χ3v) is 4.38. The van der Waals surface area contributed by atoms with Gasteiger partial charge in [-0.1, -0.05) is 83.9 Å². The van der Waals surface area contributed by atoms with Crippen molar-refractivity contribution in [1.82, 2.24) is 8.75 Å². The molecule has 0 amide bonds. The van der Waals surface area contributed by atoms with Crippen LogP contribution >= 0.6 is 34.9 Å². The van der Waals surface area contributed by atoms with Crippen LogP contribution in [0.4, 0.5) is 0 Å². The Kier molecular flexibility index (Phi) is 4.25. The van der Waals surface area contributed by atoms with Gasteiger partial charge >= 0.3 is 0 Å². The van der Waals surface area contributed by atoms with Gasteiger partial charge in [-0.05, 0) is 0 Å². The summed E-state index contributed by atoms with van der Waals surface area (Å²) in [5.41, 5.74) is 2.04. The molecule has 2 aromatic carbocycles. The first-order valence-corrected chi connectivity index (χ1v) is 7.95. The van der Waals surface area contributed by atoms with Crippen LogP contribution < -0.4 is 0 Å². The van der Waals surface area contributed by atoms with Crippen molar-refractivity contribution in [2.75, 3.05) is 0 Å². The third-order valence-electron chi connectivity index (χ3n) is 3.15. The molecule has 22 heavy (non-hydrogen) atoms. The molecule has 110 valence electrons. The second-order valence-electron chi connectivity index (χ2n) is 4.60. The fraction of sp³-hybridized carbons (Fsp3) is 0.0625. The van der Waals surface area contributed by atoms with Crippen molar-refractivity contribution >= 4 is 40.7 Å². The van der Waals surface area contributed by atoms with Crippen LogP contribution in [0.2, 0.25) is 0 Å². The Balaban J connectivity index is 2.04. The van der Waals surface area contributed by atoms with E-state index in [-0.39, 0.29) is 5.69 Å². The lowest BCUT2D eigenvalue weighted by Gasteiger charge is -2.17. The van der Waals surface area contributed by atoms with Gasteiger partial charge in [0, 0.05) is 11.1 Å². The first kappa shape index (κ1) is 15.2. The average Bonchev–Trinajstić information content (AvgIpc) is 3.06. The Bertz CT molecular complexity index is 788. The standard InChI is InChI=1S/C16H10Cl2N2OS/c17-16(18,15(21)12-9-5-2-6-10-12)14-13(19-22-20-14)11-7-3-1-4-8-11/h1-10H. The van der Waals surface area contributed by atoms with Gasteiger partial charge < -0.3 is 0 Å². The van der Waals surface area contributed by atoms with Gasteiger partial charge in [-0.15, -0.1) is 0 Å². The number of ketones is 1. The average molecular weight is 349 g/mol. The number of aromatic nitrogens is 2. The Hall–Kier alpha value is -1.75. The molecule has 0 saturated heterocycles. The molecule has 0 atom stereocenters. The molecule has 0 saturated carbocycles. The van der Waals surface area contributed by atoms with Crippen LogP contribution in [0, 0.1) is 0 Å². The molecule has 3 nitrogen and oxygen atoms in total. The van der Waals surface area contributed by atoms with Gasteiger partial charge in [-0.3, -0.25) is 4.79 Å². The number of hydrogen-bond acceptors (Lipinski definition) is 4. The van der Waals surface area contributed by atoms with Crippen LogP contribution in [-0.2, 0) is 4.33 Å². The molecule has 0 spiro atoms. The number of alkyl halides is 2. The summed E-state index contributed by atoms with van der Waals surface area (Å²) in [5.74, 6) is -0.415. The lowest BCUT2D eigenvalue weighted by molar-refractivity contribution is 0.0971. The normalized spacial score (nSPS) is 11.4. The molecule has 1 aromatic heterocycles. The van der Waals surface area contributed by atoms with Crippen LogP contribution in [0.15, 0.2) is 60.7 Å². The fourth-order valence-electron chi connectivity index (χ4n) is 2.06. The minimum absolute atomic E-state index is 0.265. The molecular formula is C16H10Cl2N2OS. The number of rotatable bonds is 4. The Morgan fingerprint density at radius 1 is 0.909 bits per heavy atom. The zero-order valence-electron chi connectivity index (χ0n) is 11.2. The van der Waals surface area contributed by atoms with E-state index in [1.807, 2.05) is 36.4 Å². The molecule has 1 heterocycles. The van der Waals surface area contributed by atoms with E-state index >= 15 is 0 Å². The number of Topliss-reactive ketones (excluding diaryl/α,β-unsaturated/α-hetero) is 1. The molecule has 0 unspecified atom stereocenters. The Labute approximate surface area is 141 Å². The molecule has 0 aliphatic heterocycles. The van der Waals surface area contributed by atoms with Gasteiger partial charge in [-0.2, -0.15) is 8.75 Å². The summed E-state index contributed by atoms with van der Waals surface area (Å²) in [6.45, 7) is 0. The van der Waals surface area contributed by atoms with Gasteiger partial charge in [0.15, 0.2) is 0 Å². The monoisotopic (exact) mass is 348 g/mol. The van der Waals surface area contributed by atoms with E-state index in [0.717, 1.165) is 17.3 Å². The second-order valence-corrected chi connectivity index (χ2v) is 6.45. The van der Waals surface area contributed by atoms with E-state index in [0.29, 0.717) is 11.3 Å². The molecular weight excluding hydrogens is 339 g/mol. The summed E-state index contributed by atoms with van der Waals surface area (Å²) in [6, 6.07) is 18.1. The van der Waals surface area contributed by atoms with E-state index < -0.39 is 10.1 Å². The minimum Gasteiger partial charge on any atom is -0.290 e. The van der Waals surface area contributed by atoms with Crippen LogP contribution in [0.1, 0.15) is 16.1 Å². The van der Waals surface area contributed by atoms with Crippen LogP contribution in [-0.4, -0.2) is 14.5 Å². The van der Waals surface area contributed by atoms with Gasteiger partial charge in [-0.25, -0.2) is 0 Å². The van der Waals surface area contributed by atoms with Crippen molar-refractivity contribution in [3.63, 3.8) is 0 Å². The van der Waals surface area contributed by atoms with Gasteiger partial charge in [0.2, 0.25) is 10.1 Å². The van der Waals surface area contributed by atoms with Crippen molar-refractivity contribution in [2.45, 2.75) is 4.33 Å². The number of carbonyl (C=O) groups is 1. The highest BCUT2D eigenvalue weighted by atomic mass is 35.5. The first-order chi connectivity index (χ1) is 10.6. The third kappa shape index (κ3) is 2.77. The number of halogens is 2. The molecule has 0 radical (unpaired) electrons.